The van der Waals surface area contributed by atoms with Crippen LogP contribution in [0.5, 0.6) is 0 Å². The summed E-state index contributed by atoms with van der Waals surface area (Å²) in [6.45, 7) is 0. The molecule has 1 atom stereocenters. The van der Waals surface area contributed by atoms with Gasteiger partial charge in [0.15, 0.2) is 11.5 Å². The average molecular weight is 366 g/mol. The van der Waals surface area contributed by atoms with Crippen molar-refractivity contribution in [3.05, 3.63) is 30.2 Å². The fourth-order valence-electron chi connectivity index (χ4n) is 2.11. The Morgan fingerprint density at radius 2 is 1.88 bits per heavy atom. The first-order valence-electron chi connectivity index (χ1n) is 6.64. The summed E-state index contributed by atoms with van der Waals surface area (Å²) in [4.78, 5) is 6.71. The zero-order valence-electron chi connectivity index (χ0n) is 12.0. The fraction of sp³-hybridized carbons (Fsp3) is 0.308. The van der Waals surface area contributed by atoms with Crippen molar-refractivity contribution in [2.45, 2.75) is 24.5 Å². The molecule has 0 aromatic carbocycles. The second kappa shape index (κ2) is 5.44. The third-order valence-electron chi connectivity index (χ3n) is 3.35. The number of rotatable bonds is 2. The largest absolute Gasteiger partial charge is 0.463 e. The number of furan rings is 1. The zero-order chi connectivity index (χ0) is 18.5. The van der Waals surface area contributed by atoms with E-state index < -0.39 is 41.8 Å². The predicted octanol–water partition coefficient (Wildman–Crippen LogP) is 3.20. The number of nitrogens with zero attached hydrogens (tertiary/aromatic N) is 4. The first-order chi connectivity index (χ1) is 11.5. The van der Waals surface area contributed by atoms with E-state index in [4.69, 9.17) is 4.42 Å². The number of alkyl halides is 6. The molecule has 2 aromatic heterocycles. The van der Waals surface area contributed by atoms with E-state index in [0.29, 0.717) is 12.3 Å². The molecule has 1 N–H and O–H groups in total. The summed E-state index contributed by atoms with van der Waals surface area (Å²) >= 11 is 0. The van der Waals surface area contributed by atoms with Gasteiger partial charge in [-0.2, -0.15) is 36.5 Å². The van der Waals surface area contributed by atoms with Gasteiger partial charge in [0.1, 0.15) is 5.69 Å². The van der Waals surface area contributed by atoms with E-state index in [1.165, 1.54) is 12.1 Å². The first kappa shape index (κ1) is 17.2. The van der Waals surface area contributed by atoms with E-state index >= 15 is 0 Å². The van der Waals surface area contributed by atoms with Crippen LogP contribution in [0.4, 0.5) is 32.3 Å². The molecule has 2 aromatic rings. The minimum Gasteiger partial charge on any atom is -0.463 e. The summed E-state index contributed by atoms with van der Waals surface area (Å²) in [5.41, 5.74) is -5.46. The van der Waals surface area contributed by atoms with Crippen LogP contribution in [0.1, 0.15) is 12.1 Å². The van der Waals surface area contributed by atoms with Gasteiger partial charge in [0.25, 0.3) is 5.72 Å². The third-order valence-corrected chi connectivity index (χ3v) is 3.35. The molecule has 0 fully saturated rings. The molecular weight excluding hydrogens is 358 g/mol. The van der Waals surface area contributed by atoms with Gasteiger partial charge in [-0.25, -0.2) is 9.97 Å². The van der Waals surface area contributed by atoms with Crippen molar-refractivity contribution in [2.24, 2.45) is 5.10 Å². The number of anilines is 1. The summed E-state index contributed by atoms with van der Waals surface area (Å²) in [7, 11) is 0. The van der Waals surface area contributed by atoms with E-state index in [1.807, 2.05) is 0 Å². The number of hydrogen-bond acceptors (Lipinski definition) is 6. The lowest BCUT2D eigenvalue weighted by Crippen LogP contribution is -2.55. The van der Waals surface area contributed by atoms with E-state index in [1.54, 1.807) is 0 Å². The Balaban J connectivity index is 2.16. The Hall–Kier alpha value is -2.63. The SMILES string of the molecule is OC1(C(F)(F)F)CC=NN1c1nc(-c2ccco2)cc(C(F)(F)F)n1. The Bertz CT molecular complexity index is 802. The Labute approximate surface area is 135 Å². The normalized spacial score (nSPS) is 21.2. The van der Waals surface area contributed by atoms with E-state index in [0.717, 1.165) is 6.26 Å². The number of hydrogen-bond donors (Lipinski definition) is 1. The highest BCUT2D eigenvalue weighted by Crippen LogP contribution is 2.41. The van der Waals surface area contributed by atoms with Gasteiger partial charge in [-0.1, -0.05) is 0 Å². The molecule has 25 heavy (non-hydrogen) atoms. The highest BCUT2D eigenvalue weighted by Gasteiger charge is 2.61. The number of halogens is 6. The van der Waals surface area contributed by atoms with Crippen LogP contribution in [-0.4, -0.2) is 33.2 Å². The lowest BCUT2D eigenvalue weighted by atomic mass is 10.1. The van der Waals surface area contributed by atoms with Crippen LogP contribution in [-0.2, 0) is 6.18 Å². The second-order valence-corrected chi connectivity index (χ2v) is 5.04. The number of aromatic nitrogens is 2. The topological polar surface area (TPSA) is 74.8 Å². The van der Waals surface area contributed by atoms with Crippen molar-refractivity contribution >= 4 is 12.2 Å². The summed E-state index contributed by atoms with van der Waals surface area (Å²) < 4.78 is 83.4. The summed E-state index contributed by atoms with van der Waals surface area (Å²) in [6, 6.07) is 3.16. The van der Waals surface area contributed by atoms with E-state index in [2.05, 4.69) is 15.1 Å². The highest BCUT2D eigenvalue weighted by molar-refractivity contribution is 5.67. The molecule has 0 radical (unpaired) electrons. The molecule has 12 heteroatoms. The molecule has 1 unspecified atom stereocenters. The minimum absolute atomic E-state index is 0.0886. The molecule has 1 aliphatic rings. The summed E-state index contributed by atoms with van der Waals surface area (Å²) in [5.74, 6) is -1.18. The smallest absolute Gasteiger partial charge is 0.438 e. The van der Waals surface area contributed by atoms with Crippen molar-refractivity contribution in [2.75, 3.05) is 5.01 Å². The van der Waals surface area contributed by atoms with Crippen LogP contribution >= 0.6 is 0 Å². The molecule has 6 nitrogen and oxygen atoms in total. The van der Waals surface area contributed by atoms with Crippen LogP contribution in [0.25, 0.3) is 11.5 Å². The molecular formula is C13H8F6N4O2. The van der Waals surface area contributed by atoms with Gasteiger partial charge in [-0.15, -0.1) is 0 Å². The summed E-state index contributed by atoms with van der Waals surface area (Å²) in [6.07, 6.45) is -9.27. The maximum absolute atomic E-state index is 13.1. The minimum atomic E-state index is -5.20. The van der Waals surface area contributed by atoms with Gasteiger partial charge in [0.2, 0.25) is 5.95 Å². The zero-order valence-corrected chi connectivity index (χ0v) is 12.0. The van der Waals surface area contributed by atoms with Crippen LogP contribution in [0, 0.1) is 0 Å². The van der Waals surface area contributed by atoms with E-state index in [9.17, 15) is 31.4 Å². The fourth-order valence-corrected chi connectivity index (χ4v) is 2.11. The molecule has 3 heterocycles. The molecule has 1 aliphatic heterocycles. The quantitative estimate of drug-likeness (QED) is 0.827. The van der Waals surface area contributed by atoms with Crippen LogP contribution in [0.15, 0.2) is 34.0 Å². The summed E-state index contributed by atoms with van der Waals surface area (Å²) in [5, 5.41) is 13.0. The lowest BCUT2D eigenvalue weighted by Gasteiger charge is -2.32. The maximum atomic E-state index is 13.1. The Morgan fingerprint density at radius 1 is 1.16 bits per heavy atom. The molecule has 0 saturated carbocycles. The van der Waals surface area contributed by atoms with Crippen LogP contribution < -0.4 is 5.01 Å². The maximum Gasteiger partial charge on any atom is 0.438 e. The van der Waals surface area contributed by atoms with Crippen molar-refractivity contribution < 1.29 is 35.9 Å². The van der Waals surface area contributed by atoms with Crippen molar-refractivity contribution in [1.82, 2.24) is 9.97 Å². The average Bonchev–Trinajstić information content (AvgIpc) is 3.15. The van der Waals surface area contributed by atoms with Gasteiger partial charge in [0.05, 0.1) is 6.26 Å². The molecule has 0 saturated heterocycles. The van der Waals surface area contributed by atoms with Crippen LogP contribution in [0.3, 0.4) is 0 Å². The second-order valence-electron chi connectivity index (χ2n) is 5.04. The number of hydrazone groups is 1. The van der Waals surface area contributed by atoms with Gasteiger partial charge >= 0.3 is 12.4 Å². The molecule has 0 spiro atoms. The molecule has 134 valence electrons. The van der Waals surface area contributed by atoms with E-state index in [-0.39, 0.29) is 10.8 Å². The molecule has 0 aliphatic carbocycles. The molecule has 0 bridgehead atoms. The standard InChI is InChI=1S/C13H8F6N4O2/c14-12(15,16)9-6-7(8-2-1-5-25-8)21-10(22-9)23-11(24,3-4-20-23)13(17,18)19/h1-2,4-6,24H,3H2. The van der Waals surface area contributed by atoms with Crippen molar-refractivity contribution in [1.29, 1.82) is 0 Å². The third kappa shape index (κ3) is 2.92. The molecule has 3 rings (SSSR count). The van der Waals surface area contributed by atoms with Gasteiger partial charge < -0.3 is 9.52 Å². The van der Waals surface area contributed by atoms with Crippen molar-refractivity contribution in [3.63, 3.8) is 0 Å². The van der Waals surface area contributed by atoms with Gasteiger partial charge in [0, 0.05) is 12.6 Å². The van der Waals surface area contributed by atoms with Gasteiger partial charge in [-0.05, 0) is 18.2 Å². The monoisotopic (exact) mass is 366 g/mol. The van der Waals surface area contributed by atoms with Gasteiger partial charge in [-0.3, -0.25) is 0 Å². The van der Waals surface area contributed by atoms with Crippen molar-refractivity contribution in [3.8, 4) is 11.5 Å². The Kier molecular flexibility index (Phi) is 3.74. The number of aliphatic hydroxyl groups is 1. The first-order valence-corrected chi connectivity index (χ1v) is 6.64. The lowest BCUT2D eigenvalue weighted by molar-refractivity contribution is -0.254. The molecule has 0 amide bonds. The Morgan fingerprint density at radius 3 is 2.44 bits per heavy atom. The highest BCUT2D eigenvalue weighted by atomic mass is 19.4. The predicted molar refractivity (Wildman–Crippen MR) is 71.3 cm³/mol. The van der Waals surface area contributed by atoms with Crippen LogP contribution in [0.2, 0.25) is 0 Å².